The van der Waals surface area contributed by atoms with E-state index in [1.165, 1.54) is 6.07 Å². The number of hydrogen-bond donors (Lipinski definition) is 2. The predicted octanol–water partition coefficient (Wildman–Crippen LogP) is 1.66. The number of aromatic hydroxyl groups is 1. The molecule has 4 heteroatoms. The molecule has 0 atom stereocenters. The molecule has 0 fully saturated rings. The summed E-state index contributed by atoms with van der Waals surface area (Å²) >= 11 is 5.66. The largest absolute Gasteiger partial charge is 0.506 e. The van der Waals surface area contributed by atoms with Gasteiger partial charge in [-0.15, -0.1) is 0 Å². The molecule has 0 saturated carbocycles. The number of hydrogen-bond acceptors (Lipinski definition) is 3. The first-order valence-corrected chi connectivity index (χ1v) is 3.78. The van der Waals surface area contributed by atoms with Gasteiger partial charge in [-0.25, -0.2) is 0 Å². The lowest BCUT2D eigenvalue weighted by Crippen LogP contribution is -2.01. The Kier molecular flexibility index (Phi) is 2.94. The van der Waals surface area contributed by atoms with E-state index in [9.17, 15) is 9.90 Å². The van der Waals surface area contributed by atoms with Crippen LogP contribution in [-0.2, 0) is 4.79 Å². The zero-order valence-electron chi connectivity index (χ0n) is 6.25. The summed E-state index contributed by atoms with van der Waals surface area (Å²) in [6, 6.07) is 4.60. The lowest BCUT2D eigenvalue weighted by atomic mass is 10.3. The molecule has 0 unspecified atom stereocenters. The van der Waals surface area contributed by atoms with Gasteiger partial charge in [0.05, 0.1) is 12.2 Å². The molecule has 0 aliphatic heterocycles. The Morgan fingerprint density at radius 2 is 2.33 bits per heavy atom. The molecule has 0 aliphatic carbocycles. The summed E-state index contributed by atoms with van der Waals surface area (Å²) in [4.78, 5) is 10.00. The van der Waals surface area contributed by atoms with Gasteiger partial charge in [0, 0.05) is 5.02 Å². The average molecular weight is 186 g/mol. The Morgan fingerprint density at radius 3 is 3.00 bits per heavy atom. The number of rotatable bonds is 3. The number of aldehydes is 1. The number of benzene rings is 1. The zero-order valence-corrected chi connectivity index (χ0v) is 7.01. The highest BCUT2D eigenvalue weighted by Gasteiger charge is 1.99. The van der Waals surface area contributed by atoms with Crippen molar-refractivity contribution in [2.45, 2.75) is 0 Å². The van der Waals surface area contributed by atoms with Crippen molar-refractivity contribution < 1.29 is 9.90 Å². The molecule has 0 heterocycles. The van der Waals surface area contributed by atoms with Crippen LogP contribution in [0.3, 0.4) is 0 Å². The van der Waals surface area contributed by atoms with Gasteiger partial charge in [-0.2, -0.15) is 0 Å². The Balaban J connectivity index is 2.82. The Bertz CT molecular complexity index is 288. The quantitative estimate of drug-likeness (QED) is 0.556. The number of anilines is 1. The number of nitrogens with one attached hydrogen (secondary N) is 1. The molecule has 0 aliphatic rings. The molecule has 0 aromatic heterocycles. The fourth-order valence-corrected chi connectivity index (χ4v) is 0.974. The van der Waals surface area contributed by atoms with Gasteiger partial charge in [0.25, 0.3) is 0 Å². The van der Waals surface area contributed by atoms with Crippen LogP contribution in [0.15, 0.2) is 18.2 Å². The van der Waals surface area contributed by atoms with Crippen LogP contribution in [-0.4, -0.2) is 17.9 Å². The predicted molar refractivity (Wildman–Crippen MR) is 47.7 cm³/mol. The van der Waals surface area contributed by atoms with Crippen LogP contribution >= 0.6 is 11.6 Å². The van der Waals surface area contributed by atoms with Crippen LogP contribution in [0.5, 0.6) is 5.75 Å². The van der Waals surface area contributed by atoms with Gasteiger partial charge in [-0.1, -0.05) is 11.6 Å². The minimum Gasteiger partial charge on any atom is -0.506 e. The van der Waals surface area contributed by atoms with Crippen LogP contribution < -0.4 is 5.32 Å². The lowest BCUT2D eigenvalue weighted by Gasteiger charge is -2.04. The second-order valence-electron chi connectivity index (χ2n) is 2.21. The van der Waals surface area contributed by atoms with Crippen molar-refractivity contribution in [3.63, 3.8) is 0 Å². The maximum Gasteiger partial charge on any atom is 0.139 e. The number of phenols is 1. The van der Waals surface area contributed by atoms with Crippen LogP contribution in [0, 0.1) is 0 Å². The van der Waals surface area contributed by atoms with E-state index >= 15 is 0 Å². The van der Waals surface area contributed by atoms with Gasteiger partial charge in [-0.3, -0.25) is 0 Å². The van der Waals surface area contributed by atoms with Crippen LogP contribution in [0.1, 0.15) is 0 Å². The second kappa shape index (κ2) is 3.97. The lowest BCUT2D eigenvalue weighted by molar-refractivity contribution is -0.106. The van der Waals surface area contributed by atoms with E-state index in [4.69, 9.17) is 11.6 Å². The fourth-order valence-electron chi connectivity index (χ4n) is 0.801. The second-order valence-corrected chi connectivity index (χ2v) is 2.65. The molecular formula is C8H8ClNO2. The van der Waals surface area contributed by atoms with Crippen molar-refractivity contribution in [2.75, 3.05) is 11.9 Å². The molecule has 64 valence electrons. The van der Waals surface area contributed by atoms with E-state index in [0.29, 0.717) is 17.0 Å². The van der Waals surface area contributed by atoms with Crippen molar-refractivity contribution >= 4 is 23.6 Å². The van der Waals surface area contributed by atoms with Gasteiger partial charge in [0.2, 0.25) is 0 Å². The number of carbonyl (C=O) groups excluding carboxylic acids is 1. The Hall–Kier alpha value is -1.22. The minimum absolute atomic E-state index is 0.0845. The molecule has 1 rings (SSSR count). The molecule has 0 radical (unpaired) electrons. The Morgan fingerprint density at radius 1 is 1.58 bits per heavy atom. The summed E-state index contributed by atoms with van der Waals surface area (Å²) in [6.07, 6.45) is 0.709. The van der Waals surface area contributed by atoms with Crippen LogP contribution in [0.25, 0.3) is 0 Å². The molecule has 0 saturated heterocycles. The summed E-state index contributed by atoms with van der Waals surface area (Å²) < 4.78 is 0. The summed E-state index contributed by atoms with van der Waals surface area (Å²) in [7, 11) is 0. The van der Waals surface area contributed by atoms with Gasteiger partial charge in [-0.05, 0) is 18.2 Å². The molecule has 0 bridgehead atoms. The van der Waals surface area contributed by atoms with Crippen molar-refractivity contribution in [3.05, 3.63) is 23.2 Å². The molecule has 0 amide bonds. The van der Waals surface area contributed by atoms with Gasteiger partial charge in [0.15, 0.2) is 0 Å². The summed E-state index contributed by atoms with van der Waals surface area (Å²) in [5.74, 6) is 0.0845. The van der Waals surface area contributed by atoms with E-state index in [-0.39, 0.29) is 12.3 Å². The molecule has 0 spiro atoms. The smallest absolute Gasteiger partial charge is 0.139 e. The highest BCUT2D eigenvalue weighted by Crippen LogP contribution is 2.25. The first-order chi connectivity index (χ1) is 5.74. The van der Waals surface area contributed by atoms with Crippen molar-refractivity contribution in [1.82, 2.24) is 0 Å². The van der Waals surface area contributed by atoms with Crippen LogP contribution in [0.2, 0.25) is 5.02 Å². The monoisotopic (exact) mass is 185 g/mol. The van der Waals surface area contributed by atoms with E-state index in [2.05, 4.69) is 5.32 Å². The third-order valence-electron chi connectivity index (χ3n) is 1.33. The fraction of sp³-hybridized carbons (Fsp3) is 0.125. The minimum atomic E-state index is 0.0845. The van der Waals surface area contributed by atoms with Gasteiger partial charge >= 0.3 is 0 Å². The highest BCUT2D eigenvalue weighted by atomic mass is 35.5. The maximum atomic E-state index is 10.00. The first kappa shape index (κ1) is 8.87. The molecule has 12 heavy (non-hydrogen) atoms. The number of halogens is 1. The average Bonchev–Trinajstić information content (AvgIpc) is 2.07. The summed E-state index contributed by atoms with van der Waals surface area (Å²) in [5, 5.41) is 12.4. The maximum absolute atomic E-state index is 10.00. The SMILES string of the molecule is O=CCNc1cc(Cl)ccc1O. The first-order valence-electron chi connectivity index (χ1n) is 3.40. The molecular weight excluding hydrogens is 178 g/mol. The third kappa shape index (κ3) is 2.13. The van der Waals surface area contributed by atoms with Crippen molar-refractivity contribution in [3.8, 4) is 5.75 Å². The topological polar surface area (TPSA) is 49.3 Å². The third-order valence-corrected chi connectivity index (χ3v) is 1.57. The van der Waals surface area contributed by atoms with Crippen molar-refractivity contribution in [2.24, 2.45) is 0 Å². The molecule has 2 N–H and O–H groups in total. The number of phenolic OH excluding ortho intramolecular Hbond substituents is 1. The highest BCUT2D eigenvalue weighted by molar-refractivity contribution is 6.30. The Labute approximate surface area is 75.0 Å². The zero-order chi connectivity index (χ0) is 8.97. The molecule has 3 nitrogen and oxygen atoms in total. The van der Waals surface area contributed by atoms with E-state index in [1.54, 1.807) is 12.1 Å². The van der Waals surface area contributed by atoms with E-state index < -0.39 is 0 Å². The van der Waals surface area contributed by atoms with Crippen molar-refractivity contribution in [1.29, 1.82) is 0 Å². The summed E-state index contributed by atoms with van der Waals surface area (Å²) in [5.41, 5.74) is 0.467. The number of carbonyl (C=O) groups is 1. The van der Waals surface area contributed by atoms with E-state index in [0.717, 1.165) is 0 Å². The molecule has 1 aromatic carbocycles. The van der Waals surface area contributed by atoms with E-state index in [1.807, 2.05) is 0 Å². The molecule has 1 aromatic rings. The van der Waals surface area contributed by atoms with Crippen LogP contribution in [0.4, 0.5) is 5.69 Å². The summed E-state index contributed by atoms with van der Waals surface area (Å²) in [6.45, 7) is 0.161. The van der Waals surface area contributed by atoms with Gasteiger partial charge in [0.1, 0.15) is 12.0 Å². The van der Waals surface area contributed by atoms with Gasteiger partial charge < -0.3 is 15.2 Å². The standard InChI is InChI=1S/C8H8ClNO2/c9-6-1-2-8(12)7(5-6)10-3-4-11/h1-2,4-5,10,12H,3H2. The normalized spacial score (nSPS) is 9.42.